The standard InChI is InChI=1S/C22H20ClFN4O2/c23-19-7-2-1-6-18(19)20-8-9-21(26-25-20)27-10-12-28(13-11-27)22(29)15-30-17-5-3-4-16(24)14-17/h1-9,14H,10-13,15H2. The van der Waals surface area contributed by atoms with Crippen LogP contribution in [0.3, 0.4) is 0 Å². The number of carbonyl (C=O) groups excluding carboxylic acids is 1. The van der Waals surface area contributed by atoms with Gasteiger partial charge in [0.15, 0.2) is 12.4 Å². The van der Waals surface area contributed by atoms with Crippen molar-refractivity contribution in [3.8, 4) is 17.0 Å². The van der Waals surface area contributed by atoms with Crippen LogP contribution >= 0.6 is 11.6 Å². The number of carbonyl (C=O) groups is 1. The number of anilines is 1. The Morgan fingerprint density at radius 2 is 1.80 bits per heavy atom. The zero-order valence-corrected chi connectivity index (χ0v) is 16.9. The van der Waals surface area contributed by atoms with Crippen LogP contribution in [0.5, 0.6) is 5.75 Å². The van der Waals surface area contributed by atoms with Crippen molar-refractivity contribution in [1.82, 2.24) is 15.1 Å². The van der Waals surface area contributed by atoms with Crippen molar-refractivity contribution in [2.45, 2.75) is 0 Å². The van der Waals surface area contributed by atoms with E-state index in [0.29, 0.717) is 42.6 Å². The van der Waals surface area contributed by atoms with E-state index in [-0.39, 0.29) is 12.5 Å². The highest BCUT2D eigenvalue weighted by Gasteiger charge is 2.22. The van der Waals surface area contributed by atoms with Crippen molar-refractivity contribution in [2.75, 3.05) is 37.7 Å². The van der Waals surface area contributed by atoms with E-state index < -0.39 is 5.82 Å². The molecule has 1 fully saturated rings. The molecule has 6 nitrogen and oxygen atoms in total. The molecule has 0 aliphatic carbocycles. The van der Waals surface area contributed by atoms with Crippen molar-refractivity contribution in [3.05, 3.63) is 71.5 Å². The third-order valence-corrected chi connectivity index (χ3v) is 5.24. The first-order chi connectivity index (χ1) is 14.6. The van der Waals surface area contributed by atoms with Crippen molar-refractivity contribution in [1.29, 1.82) is 0 Å². The zero-order chi connectivity index (χ0) is 20.9. The molecular weight excluding hydrogens is 407 g/mol. The normalized spacial score (nSPS) is 13.9. The fraction of sp³-hybridized carbons (Fsp3) is 0.227. The van der Waals surface area contributed by atoms with E-state index in [9.17, 15) is 9.18 Å². The van der Waals surface area contributed by atoms with Gasteiger partial charge in [-0.1, -0.05) is 35.9 Å². The van der Waals surface area contributed by atoms with Crippen molar-refractivity contribution < 1.29 is 13.9 Å². The molecule has 4 rings (SSSR count). The second kappa shape index (κ2) is 9.09. The fourth-order valence-electron chi connectivity index (χ4n) is 3.28. The molecule has 8 heteroatoms. The molecule has 3 aromatic rings. The minimum absolute atomic E-state index is 0.115. The van der Waals surface area contributed by atoms with Crippen LogP contribution in [0.2, 0.25) is 5.02 Å². The molecule has 1 aliphatic heterocycles. The number of aromatic nitrogens is 2. The van der Waals surface area contributed by atoms with Crippen molar-refractivity contribution in [3.63, 3.8) is 0 Å². The van der Waals surface area contributed by atoms with Gasteiger partial charge in [-0.3, -0.25) is 4.79 Å². The summed E-state index contributed by atoms with van der Waals surface area (Å²) in [4.78, 5) is 16.2. The van der Waals surface area contributed by atoms with Gasteiger partial charge in [-0.15, -0.1) is 10.2 Å². The number of nitrogens with zero attached hydrogens (tertiary/aromatic N) is 4. The summed E-state index contributed by atoms with van der Waals surface area (Å²) < 4.78 is 18.6. The molecule has 0 saturated carbocycles. The highest BCUT2D eigenvalue weighted by Crippen LogP contribution is 2.26. The predicted octanol–water partition coefficient (Wildman–Crippen LogP) is 3.66. The Morgan fingerprint density at radius 1 is 1.00 bits per heavy atom. The number of benzene rings is 2. The maximum Gasteiger partial charge on any atom is 0.260 e. The highest BCUT2D eigenvalue weighted by atomic mass is 35.5. The zero-order valence-electron chi connectivity index (χ0n) is 16.2. The lowest BCUT2D eigenvalue weighted by Crippen LogP contribution is -2.50. The average molecular weight is 427 g/mol. The monoisotopic (exact) mass is 426 g/mol. The first-order valence-corrected chi connectivity index (χ1v) is 9.98. The Kier molecular flexibility index (Phi) is 6.09. The summed E-state index contributed by atoms with van der Waals surface area (Å²) in [5.74, 6) is 0.582. The molecule has 0 N–H and O–H groups in total. The van der Waals surface area contributed by atoms with Crippen LogP contribution in [0, 0.1) is 5.82 Å². The number of ether oxygens (including phenoxy) is 1. The molecule has 1 aromatic heterocycles. The summed E-state index contributed by atoms with van der Waals surface area (Å²) in [6, 6.07) is 17.1. The summed E-state index contributed by atoms with van der Waals surface area (Å²) in [7, 11) is 0. The molecule has 0 radical (unpaired) electrons. The second-order valence-electron chi connectivity index (χ2n) is 6.87. The van der Waals surface area contributed by atoms with E-state index in [4.69, 9.17) is 16.3 Å². The van der Waals surface area contributed by atoms with Crippen molar-refractivity contribution in [2.24, 2.45) is 0 Å². The van der Waals surface area contributed by atoms with Crippen LogP contribution in [0.25, 0.3) is 11.3 Å². The highest BCUT2D eigenvalue weighted by molar-refractivity contribution is 6.33. The van der Waals surface area contributed by atoms with Crippen LogP contribution in [0.15, 0.2) is 60.7 Å². The van der Waals surface area contributed by atoms with Gasteiger partial charge >= 0.3 is 0 Å². The van der Waals surface area contributed by atoms with Gasteiger partial charge in [-0.2, -0.15) is 0 Å². The van der Waals surface area contributed by atoms with Gasteiger partial charge in [-0.05, 0) is 30.3 Å². The topological polar surface area (TPSA) is 58.6 Å². The molecule has 1 aliphatic rings. The Hall–Kier alpha value is -3.19. The van der Waals surface area contributed by atoms with Crippen LogP contribution in [0.1, 0.15) is 0 Å². The number of piperazine rings is 1. The largest absolute Gasteiger partial charge is 0.484 e. The fourth-order valence-corrected chi connectivity index (χ4v) is 3.52. The molecule has 2 aromatic carbocycles. The van der Waals surface area contributed by atoms with Gasteiger partial charge in [0.2, 0.25) is 0 Å². The number of halogens is 2. The molecule has 0 unspecified atom stereocenters. The maximum atomic E-state index is 13.2. The Balaban J connectivity index is 1.31. The molecule has 0 bridgehead atoms. The summed E-state index contributed by atoms with van der Waals surface area (Å²) in [5, 5.41) is 9.26. The van der Waals surface area contributed by atoms with Gasteiger partial charge in [0.1, 0.15) is 11.6 Å². The molecule has 1 saturated heterocycles. The van der Waals surface area contributed by atoms with Gasteiger partial charge < -0.3 is 14.5 Å². The lowest BCUT2D eigenvalue weighted by atomic mass is 10.1. The molecule has 0 spiro atoms. The molecule has 0 atom stereocenters. The van der Waals surface area contributed by atoms with E-state index in [0.717, 1.165) is 11.4 Å². The third-order valence-electron chi connectivity index (χ3n) is 4.92. The first-order valence-electron chi connectivity index (χ1n) is 9.60. The number of amides is 1. The SMILES string of the molecule is O=C(COc1cccc(F)c1)N1CCN(c2ccc(-c3ccccc3Cl)nn2)CC1. The molecule has 1 amide bonds. The van der Waals surface area contributed by atoms with Crippen LogP contribution in [-0.4, -0.2) is 53.8 Å². The summed E-state index contributed by atoms with van der Waals surface area (Å²) in [6.45, 7) is 2.28. The van der Waals surface area contributed by atoms with Crippen LogP contribution < -0.4 is 9.64 Å². The number of hydrogen-bond donors (Lipinski definition) is 0. The van der Waals surface area contributed by atoms with Gasteiger partial charge in [0.05, 0.1) is 10.7 Å². The number of rotatable bonds is 5. The van der Waals surface area contributed by atoms with Crippen LogP contribution in [0.4, 0.5) is 10.2 Å². The van der Waals surface area contributed by atoms with Gasteiger partial charge in [0.25, 0.3) is 5.91 Å². The summed E-state index contributed by atoms with van der Waals surface area (Å²) in [6.07, 6.45) is 0. The van der Waals surface area contributed by atoms with E-state index in [1.54, 1.807) is 17.0 Å². The van der Waals surface area contributed by atoms with Gasteiger partial charge in [-0.25, -0.2) is 4.39 Å². The smallest absolute Gasteiger partial charge is 0.260 e. The van der Waals surface area contributed by atoms with Gasteiger partial charge in [0, 0.05) is 37.8 Å². The van der Waals surface area contributed by atoms with E-state index >= 15 is 0 Å². The molecule has 2 heterocycles. The quantitative estimate of drug-likeness (QED) is 0.623. The second-order valence-corrected chi connectivity index (χ2v) is 7.28. The molecular formula is C22H20ClFN4O2. The predicted molar refractivity (Wildman–Crippen MR) is 113 cm³/mol. The lowest BCUT2D eigenvalue weighted by Gasteiger charge is -2.35. The summed E-state index contributed by atoms with van der Waals surface area (Å²) >= 11 is 6.22. The average Bonchev–Trinajstić information content (AvgIpc) is 2.78. The van der Waals surface area contributed by atoms with E-state index in [2.05, 4.69) is 15.1 Å². The lowest BCUT2D eigenvalue weighted by molar-refractivity contribution is -0.133. The summed E-state index contributed by atoms with van der Waals surface area (Å²) in [5.41, 5.74) is 1.56. The Morgan fingerprint density at radius 3 is 2.50 bits per heavy atom. The van der Waals surface area contributed by atoms with Crippen molar-refractivity contribution >= 4 is 23.3 Å². The van der Waals surface area contributed by atoms with Crippen LogP contribution in [-0.2, 0) is 4.79 Å². The van der Waals surface area contributed by atoms with E-state index in [1.807, 2.05) is 36.4 Å². The molecule has 30 heavy (non-hydrogen) atoms. The van der Waals surface area contributed by atoms with E-state index in [1.165, 1.54) is 12.1 Å². The Bertz CT molecular complexity index is 1020. The third kappa shape index (κ3) is 4.68. The maximum absolute atomic E-state index is 13.2. The Labute approximate surface area is 178 Å². The molecule has 154 valence electrons. The minimum Gasteiger partial charge on any atom is -0.484 e. The number of hydrogen-bond acceptors (Lipinski definition) is 5. The minimum atomic E-state index is -0.393. The first kappa shape index (κ1) is 20.1.